The Labute approximate surface area is 121 Å². The molecular formula is C13H13N3O2S2. The average molecular weight is 307 g/mol. The van der Waals surface area contributed by atoms with Crippen molar-refractivity contribution in [3.05, 3.63) is 46.8 Å². The van der Waals surface area contributed by atoms with Gasteiger partial charge in [0.25, 0.3) is 10.0 Å². The van der Waals surface area contributed by atoms with Crippen LogP contribution in [0, 0.1) is 11.3 Å². The van der Waals surface area contributed by atoms with E-state index in [4.69, 9.17) is 5.26 Å². The fourth-order valence-electron chi connectivity index (χ4n) is 1.68. The van der Waals surface area contributed by atoms with Crippen LogP contribution in [0.4, 0.5) is 5.69 Å². The molecule has 2 N–H and O–H groups in total. The Hall–Kier alpha value is -1.88. The number of rotatable bonds is 5. The molecular weight excluding hydrogens is 294 g/mol. The number of anilines is 1. The van der Waals surface area contributed by atoms with Crippen molar-refractivity contribution in [3.63, 3.8) is 0 Å². The van der Waals surface area contributed by atoms with Gasteiger partial charge < -0.3 is 5.32 Å². The highest BCUT2D eigenvalue weighted by Crippen LogP contribution is 2.25. The van der Waals surface area contributed by atoms with Crippen LogP contribution in [0.5, 0.6) is 0 Å². The SMILES string of the molecule is CNCc1ccccc1NS(=O)(=O)c1ccc(C#N)s1. The van der Waals surface area contributed by atoms with E-state index < -0.39 is 10.0 Å². The van der Waals surface area contributed by atoms with Crippen LogP contribution < -0.4 is 10.0 Å². The average Bonchev–Trinajstić information content (AvgIpc) is 2.91. The molecule has 0 amide bonds. The van der Waals surface area contributed by atoms with Gasteiger partial charge in [0, 0.05) is 6.54 Å². The van der Waals surface area contributed by atoms with Crippen molar-refractivity contribution in [1.29, 1.82) is 5.26 Å². The van der Waals surface area contributed by atoms with Gasteiger partial charge in [-0.1, -0.05) is 18.2 Å². The lowest BCUT2D eigenvalue weighted by molar-refractivity contribution is 0.603. The molecule has 104 valence electrons. The number of thiophene rings is 1. The highest BCUT2D eigenvalue weighted by Gasteiger charge is 2.18. The van der Waals surface area contributed by atoms with Crippen molar-refractivity contribution in [2.45, 2.75) is 10.8 Å². The lowest BCUT2D eigenvalue weighted by Crippen LogP contribution is -2.15. The quantitative estimate of drug-likeness (QED) is 0.886. The van der Waals surface area contributed by atoms with Crippen LogP contribution in [0.15, 0.2) is 40.6 Å². The summed E-state index contributed by atoms with van der Waals surface area (Å²) in [6.45, 7) is 0.562. The third kappa shape index (κ3) is 3.17. The van der Waals surface area contributed by atoms with E-state index in [1.165, 1.54) is 12.1 Å². The molecule has 2 rings (SSSR count). The molecule has 0 aliphatic heterocycles. The molecule has 0 saturated carbocycles. The lowest BCUT2D eigenvalue weighted by Gasteiger charge is -2.11. The summed E-state index contributed by atoms with van der Waals surface area (Å²) in [4.78, 5) is 0.369. The van der Waals surface area contributed by atoms with Gasteiger partial charge in [-0.2, -0.15) is 5.26 Å². The molecule has 5 nitrogen and oxygen atoms in total. The third-order valence-electron chi connectivity index (χ3n) is 2.59. The molecule has 0 bridgehead atoms. The summed E-state index contributed by atoms with van der Waals surface area (Å²) in [5.74, 6) is 0. The fraction of sp³-hybridized carbons (Fsp3) is 0.154. The maximum Gasteiger partial charge on any atom is 0.271 e. The Morgan fingerprint density at radius 1 is 1.25 bits per heavy atom. The van der Waals surface area contributed by atoms with Gasteiger partial charge in [0.2, 0.25) is 0 Å². The van der Waals surface area contributed by atoms with E-state index in [2.05, 4.69) is 10.0 Å². The summed E-state index contributed by atoms with van der Waals surface area (Å²) in [7, 11) is -1.86. The zero-order chi connectivity index (χ0) is 14.6. The monoisotopic (exact) mass is 307 g/mol. The Morgan fingerprint density at radius 3 is 2.65 bits per heavy atom. The van der Waals surface area contributed by atoms with Gasteiger partial charge in [-0.15, -0.1) is 11.3 Å². The van der Waals surface area contributed by atoms with Crippen molar-refractivity contribution in [1.82, 2.24) is 5.32 Å². The summed E-state index contributed by atoms with van der Waals surface area (Å²) in [6, 6.07) is 12.0. The first-order chi connectivity index (χ1) is 9.56. The van der Waals surface area contributed by atoms with E-state index in [0.29, 0.717) is 17.1 Å². The predicted molar refractivity (Wildman–Crippen MR) is 79.0 cm³/mol. The minimum absolute atomic E-state index is 0.133. The maximum absolute atomic E-state index is 12.3. The predicted octanol–water partition coefficient (Wildman–Crippen LogP) is 2.14. The van der Waals surface area contributed by atoms with E-state index in [-0.39, 0.29) is 4.21 Å². The summed E-state index contributed by atoms with van der Waals surface area (Å²) < 4.78 is 27.2. The van der Waals surface area contributed by atoms with Gasteiger partial charge in [-0.25, -0.2) is 8.42 Å². The molecule has 0 radical (unpaired) electrons. The van der Waals surface area contributed by atoms with Crippen LogP contribution in [0.3, 0.4) is 0 Å². The van der Waals surface area contributed by atoms with Gasteiger partial charge in [-0.3, -0.25) is 4.72 Å². The van der Waals surface area contributed by atoms with Crippen LogP contribution in [-0.4, -0.2) is 15.5 Å². The number of nitriles is 1. The maximum atomic E-state index is 12.3. The lowest BCUT2D eigenvalue weighted by atomic mass is 10.2. The number of hydrogen-bond donors (Lipinski definition) is 2. The largest absolute Gasteiger partial charge is 0.316 e. The molecule has 1 aromatic heterocycles. The first kappa shape index (κ1) is 14.5. The molecule has 0 spiro atoms. The second-order valence-corrected chi connectivity index (χ2v) is 7.02. The van der Waals surface area contributed by atoms with Crippen LogP contribution in [0.1, 0.15) is 10.4 Å². The van der Waals surface area contributed by atoms with E-state index >= 15 is 0 Å². The van der Waals surface area contributed by atoms with E-state index in [9.17, 15) is 8.42 Å². The Balaban J connectivity index is 2.31. The molecule has 1 heterocycles. The number of hydrogen-bond acceptors (Lipinski definition) is 5. The number of sulfonamides is 1. The standard InChI is InChI=1S/C13H13N3O2S2/c1-15-9-10-4-2-3-5-12(10)16-20(17,18)13-7-6-11(8-14)19-13/h2-7,15-16H,9H2,1H3. The second-order valence-electron chi connectivity index (χ2n) is 4.02. The van der Waals surface area contributed by atoms with Crippen molar-refractivity contribution in [2.75, 3.05) is 11.8 Å². The highest BCUT2D eigenvalue weighted by atomic mass is 32.2. The number of benzene rings is 1. The molecule has 0 atom stereocenters. The Morgan fingerprint density at radius 2 is 2.00 bits per heavy atom. The van der Waals surface area contributed by atoms with Gasteiger partial charge in [0.1, 0.15) is 15.2 Å². The van der Waals surface area contributed by atoms with E-state index in [1.807, 2.05) is 18.2 Å². The molecule has 20 heavy (non-hydrogen) atoms. The molecule has 0 aliphatic rings. The second kappa shape index (κ2) is 6.05. The third-order valence-corrected chi connectivity index (χ3v) is 5.43. The molecule has 2 aromatic rings. The van der Waals surface area contributed by atoms with Crippen LogP contribution in [0.25, 0.3) is 0 Å². The Bertz CT molecular complexity index is 745. The van der Waals surface area contributed by atoms with Crippen LogP contribution in [-0.2, 0) is 16.6 Å². The Kier molecular flexibility index (Phi) is 4.39. The van der Waals surface area contributed by atoms with E-state index in [1.54, 1.807) is 19.2 Å². The molecule has 7 heteroatoms. The molecule has 0 aliphatic carbocycles. The van der Waals surface area contributed by atoms with Crippen LogP contribution >= 0.6 is 11.3 Å². The van der Waals surface area contributed by atoms with Crippen molar-refractivity contribution in [2.24, 2.45) is 0 Å². The fourth-order valence-corrected chi connectivity index (χ4v) is 3.89. The smallest absolute Gasteiger partial charge is 0.271 e. The summed E-state index contributed by atoms with van der Waals surface area (Å²) in [5, 5.41) is 11.7. The van der Waals surface area contributed by atoms with E-state index in [0.717, 1.165) is 16.9 Å². The molecule has 0 unspecified atom stereocenters. The first-order valence-corrected chi connectivity index (χ1v) is 8.12. The topological polar surface area (TPSA) is 82.0 Å². The highest BCUT2D eigenvalue weighted by molar-refractivity contribution is 7.94. The summed E-state index contributed by atoms with van der Waals surface area (Å²) >= 11 is 0.951. The minimum atomic E-state index is -3.65. The zero-order valence-corrected chi connectivity index (χ0v) is 12.4. The summed E-state index contributed by atoms with van der Waals surface area (Å²) in [6.07, 6.45) is 0. The van der Waals surface area contributed by atoms with Crippen LogP contribution in [0.2, 0.25) is 0 Å². The number of nitrogens with zero attached hydrogens (tertiary/aromatic N) is 1. The first-order valence-electron chi connectivity index (χ1n) is 5.82. The summed E-state index contributed by atoms with van der Waals surface area (Å²) in [5.41, 5.74) is 1.39. The zero-order valence-electron chi connectivity index (χ0n) is 10.8. The van der Waals surface area contributed by atoms with Crippen molar-refractivity contribution in [3.8, 4) is 6.07 Å². The van der Waals surface area contributed by atoms with Gasteiger partial charge in [0.05, 0.1) is 5.69 Å². The van der Waals surface area contributed by atoms with Crippen molar-refractivity contribution >= 4 is 27.0 Å². The normalized spacial score (nSPS) is 11.0. The minimum Gasteiger partial charge on any atom is -0.316 e. The molecule has 0 fully saturated rings. The van der Waals surface area contributed by atoms with Crippen molar-refractivity contribution < 1.29 is 8.42 Å². The molecule has 0 saturated heterocycles. The molecule has 1 aromatic carbocycles. The van der Waals surface area contributed by atoms with Gasteiger partial charge in [-0.05, 0) is 30.8 Å². The van der Waals surface area contributed by atoms with Gasteiger partial charge in [0.15, 0.2) is 0 Å². The van der Waals surface area contributed by atoms with Gasteiger partial charge >= 0.3 is 0 Å². The number of nitrogens with one attached hydrogen (secondary N) is 2. The number of para-hydroxylation sites is 1.